The predicted molar refractivity (Wildman–Crippen MR) is 108 cm³/mol. The van der Waals surface area contributed by atoms with Gasteiger partial charge in [-0.1, -0.05) is 23.7 Å². The van der Waals surface area contributed by atoms with Crippen LogP contribution in [0.3, 0.4) is 0 Å². The van der Waals surface area contributed by atoms with E-state index >= 15 is 0 Å². The van der Waals surface area contributed by atoms with Crippen LogP contribution in [-0.4, -0.2) is 32.6 Å². The molecule has 0 saturated heterocycles. The predicted octanol–water partition coefficient (Wildman–Crippen LogP) is 4.46. The molecular formula is C21H19ClN4O2. The first kappa shape index (κ1) is 18.3. The average molecular weight is 395 g/mol. The van der Waals surface area contributed by atoms with Gasteiger partial charge in [0.25, 0.3) is 5.91 Å². The van der Waals surface area contributed by atoms with Gasteiger partial charge in [-0.2, -0.15) is 5.10 Å². The van der Waals surface area contributed by atoms with Gasteiger partial charge in [-0.3, -0.25) is 9.48 Å². The molecule has 0 aliphatic carbocycles. The second-order valence-corrected chi connectivity index (χ2v) is 7.15. The molecule has 4 rings (SSSR count). The van der Waals surface area contributed by atoms with Gasteiger partial charge < -0.3 is 9.32 Å². The van der Waals surface area contributed by atoms with Crippen molar-refractivity contribution in [3.05, 3.63) is 70.7 Å². The largest absolute Gasteiger partial charge is 0.463 e. The molecule has 0 unspecified atom stereocenters. The van der Waals surface area contributed by atoms with Crippen LogP contribution in [0, 0.1) is 6.92 Å². The summed E-state index contributed by atoms with van der Waals surface area (Å²) in [5.41, 5.74) is 3.58. The number of hydrogen-bond donors (Lipinski definition) is 0. The minimum absolute atomic E-state index is 0.120. The van der Waals surface area contributed by atoms with E-state index in [2.05, 4.69) is 10.1 Å². The van der Waals surface area contributed by atoms with Gasteiger partial charge in [0.15, 0.2) is 5.76 Å². The molecule has 0 aliphatic rings. The van der Waals surface area contributed by atoms with Gasteiger partial charge in [0.1, 0.15) is 5.69 Å². The van der Waals surface area contributed by atoms with Crippen molar-refractivity contribution in [3.8, 4) is 11.5 Å². The lowest BCUT2D eigenvalue weighted by molar-refractivity contribution is 0.0787. The summed E-state index contributed by atoms with van der Waals surface area (Å²) in [6.07, 6.45) is 3.50. The second-order valence-electron chi connectivity index (χ2n) is 6.74. The molecule has 28 heavy (non-hydrogen) atoms. The molecule has 0 spiro atoms. The molecule has 3 heterocycles. The van der Waals surface area contributed by atoms with E-state index < -0.39 is 0 Å². The summed E-state index contributed by atoms with van der Waals surface area (Å²) >= 11 is 6.37. The number of furan rings is 1. The van der Waals surface area contributed by atoms with E-state index in [0.717, 1.165) is 11.3 Å². The molecule has 0 bridgehead atoms. The molecule has 3 aromatic heterocycles. The first-order chi connectivity index (χ1) is 13.4. The zero-order valence-corrected chi connectivity index (χ0v) is 16.6. The fourth-order valence-corrected chi connectivity index (χ4v) is 3.49. The van der Waals surface area contributed by atoms with Crippen molar-refractivity contribution in [1.29, 1.82) is 0 Å². The monoisotopic (exact) mass is 394 g/mol. The summed E-state index contributed by atoms with van der Waals surface area (Å²) in [6, 6.07) is 10.8. The Hall–Kier alpha value is -3.12. The molecule has 0 N–H and O–H groups in total. The number of aromatic nitrogens is 3. The highest BCUT2D eigenvalue weighted by Gasteiger charge is 2.20. The molecule has 0 radical (unpaired) electrons. The lowest BCUT2D eigenvalue weighted by Crippen LogP contribution is -2.26. The van der Waals surface area contributed by atoms with Crippen LogP contribution < -0.4 is 0 Å². The number of aryl methyl sites for hydroxylation is 2. The molecular weight excluding hydrogens is 376 g/mol. The molecule has 1 aromatic carbocycles. The number of nitrogens with zero attached hydrogens (tertiary/aromatic N) is 4. The molecule has 142 valence electrons. The van der Waals surface area contributed by atoms with Crippen molar-refractivity contribution >= 4 is 28.4 Å². The Morgan fingerprint density at radius 3 is 2.79 bits per heavy atom. The standard InChI is InChI=1S/C21H19ClN4O2/c1-13-14(12-26(3)24-13)11-25(2)21(27)16-10-18(19-8-5-9-28-19)23-20-15(16)6-4-7-17(20)22/h4-10,12H,11H2,1-3H3. The van der Waals surface area contributed by atoms with Gasteiger partial charge >= 0.3 is 0 Å². The smallest absolute Gasteiger partial charge is 0.254 e. The zero-order chi connectivity index (χ0) is 19.8. The Morgan fingerprint density at radius 2 is 2.11 bits per heavy atom. The van der Waals surface area contributed by atoms with E-state index in [-0.39, 0.29) is 5.91 Å². The van der Waals surface area contributed by atoms with Crippen molar-refractivity contribution in [1.82, 2.24) is 19.7 Å². The van der Waals surface area contributed by atoms with Crippen molar-refractivity contribution in [2.24, 2.45) is 7.05 Å². The third kappa shape index (κ3) is 3.27. The summed E-state index contributed by atoms with van der Waals surface area (Å²) in [6.45, 7) is 2.39. The highest BCUT2D eigenvalue weighted by Crippen LogP contribution is 2.30. The van der Waals surface area contributed by atoms with E-state index in [1.54, 1.807) is 41.1 Å². The van der Waals surface area contributed by atoms with Gasteiger partial charge in [-0.05, 0) is 31.2 Å². The second kappa shape index (κ2) is 7.13. The number of carbonyl (C=O) groups excluding carboxylic acids is 1. The van der Waals surface area contributed by atoms with Crippen LogP contribution in [0.25, 0.3) is 22.4 Å². The van der Waals surface area contributed by atoms with Gasteiger partial charge in [0.2, 0.25) is 0 Å². The maximum absolute atomic E-state index is 13.3. The van der Waals surface area contributed by atoms with Crippen LogP contribution in [0.1, 0.15) is 21.6 Å². The number of fused-ring (bicyclic) bond motifs is 1. The van der Waals surface area contributed by atoms with Crippen molar-refractivity contribution in [2.75, 3.05) is 7.05 Å². The van der Waals surface area contributed by atoms with E-state index in [4.69, 9.17) is 16.0 Å². The Balaban J connectivity index is 1.79. The first-order valence-electron chi connectivity index (χ1n) is 8.82. The summed E-state index contributed by atoms with van der Waals surface area (Å²) in [5.74, 6) is 0.465. The molecule has 0 aliphatic heterocycles. The van der Waals surface area contributed by atoms with E-state index in [9.17, 15) is 4.79 Å². The van der Waals surface area contributed by atoms with Crippen molar-refractivity contribution < 1.29 is 9.21 Å². The topological polar surface area (TPSA) is 64.2 Å². The van der Waals surface area contributed by atoms with Crippen molar-refractivity contribution in [2.45, 2.75) is 13.5 Å². The molecule has 0 atom stereocenters. The van der Waals surface area contributed by atoms with E-state index in [1.807, 2.05) is 38.4 Å². The SMILES string of the molecule is Cc1nn(C)cc1CN(C)C(=O)c1cc(-c2ccco2)nc2c(Cl)cccc12. The van der Waals surface area contributed by atoms with Crippen LogP contribution in [0.15, 0.2) is 53.3 Å². The minimum atomic E-state index is -0.120. The number of amides is 1. The van der Waals surface area contributed by atoms with Gasteiger partial charge in [-0.15, -0.1) is 0 Å². The lowest BCUT2D eigenvalue weighted by atomic mass is 10.1. The Bertz CT molecular complexity index is 1160. The lowest BCUT2D eigenvalue weighted by Gasteiger charge is -2.18. The van der Waals surface area contributed by atoms with Crippen LogP contribution >= 0.6 is 11.6 Å². The van der Waals surface area contributed by atoms with Gasteiger partial charge in [-0.25, -0.2) is 4.98 Å². The van der Waals surface area contributed by atoms with Crippen LogP contribution in [0.2, 0.25) is 5.02 Å². The summed E-state index contributed by atoms with van der Waals surface area (Å²) in [7, 11) is 3.64. The fraction of sp³-hybridized carbons (Fsp3) is 0.190. The molecule has 4 aromatic rings. The highest BCUT2D eigenvalue weighted by molar-refractivity contribution is 6.35. The summed E-state index contributed by atoms with van der Waals surface area (Å²) < 4.78 is 7.23. The molecule has 7 heteroatoms. The number of pyridine rings is 1. The van der Waals surface area contributed by atoms with E-state index in [0.29, 0.717) is 39.5 Å². The fourth-order valence-electron chi connectivity index (χ4n) is 3.28. The Morgan fingerprint density at radius 1 is 1.29 bits per heavy atom. The molecule has 1 amide bonds. The van der Waals surface area contributed by atoms with Gasteiger partial charge in [0.05, 0.1) is 28.1 Å². The zero-order valence-electron chi connectivity index (χ0n) is 15.8. The van der Waals surface area contributed by atoms with Gasteiger partial charge in [0, 0.05) is 37.8 Å². The minimum Gasteiger partial charge on any atom is -0.463 e. The average Bonchev–Trinajstić information content (AvgIpc) is 3.31. The summed E-state index contributed by atoms with van der Waals surface area (Å²) in [5, 5.41) is 5.55. The van der Waals surface area contributed by atoms with Crippen LogP contribution in [0.5, 0.6) is 0 Å². The maximum Gasteiger partial charge on any atom is 0.254 e. The Kier molecular flexibility index (Phi) is 4.65. The van der Waals surface area contributed by atoms with Crippen LogP contribution in [-0.2, 0) is 13.6 Å². The number of carbonyl (C=O) groups is 1. The number of halogens is 1. The first-order valence-corrected chi connectivity index (χ1v) is 9.19. The number of para-hydroxylation sites is 1. The highest BCUT2D eigenvalue weighted by atomic mass is 35.5. The van der Waals surface area contributed by atoms with Crippen LogP contribution in [0.4, 0.5) is 0 Å². The number of hydrogen-bond acceptors (Lipinski definition) is 4. The van der Waals surface area contributed by atoms with Crippen molar-refractivity contribution in [3.63, 3.8) is 0 Å². The molecule has 6 nitrogen and oxygen atoms in total. The third-order valence-electron chi connectivity index (χ3n) is 4.66. The maximum atomic E-state index is 13.3. The summed E-state index contributed by atoms with van der Waals surface area (Å²) in [4.78, 5) is 19.6. The number of rotatable bonds is 4. The normalized spacial score (nSPS) is 11.1. The Labute approximate surface area is 167 Å². The molecule has 0 saturated carbocycles. The quantitative estimate of drug-likeness (QED) is 0.512. The number of benzene rings is 1. The third-order valence-corrected chi connectivity index (χ3v) is 4.97. The van der Waals surface area contributed by atoms with E-state index in [1.165, 1.54) is 0 Å². The molecule has 0 fully saturated rings.